The topological polar surface area (TPSA) is 44.8 Å². The van der Waals surface area contributed by atoms with E-state index in [4.69, 9.17) is 14.2 Å². The first-order valence-corrected chi connectivity index (χ1v) is 8.14. The zero-order valence-corrected chi connectivity index (χ0v) is 14.2. The highest BCUT2D eigenvalue weighted by Gasteiger charge is 2.17. The number of hydrogen-bond acceptors (Lipinski definition) is 4. The van der Waals surface area contributed by atoms with E-state index in [0.29, 0.717) is 26.2 Å². The highest BCUT2D eigenvalue weighted by molar-refractivity contribution is 5.70. The van der Waals surface area contributed by atoms with Crippen LogP contribution in [0.25, 0.3) is 0 Å². The van der Waals surface area contributed by atoms with Gasteiger partial charge in [0, 0.05) is 12.5 Å². The van der Waals surface area contributed by atoms with Crippen molar-refractivity contribution in [2.45, 2.75) is 25.9 Å². The third-order valence-electron chi connectivity index (χ3n) is 3.76. The van der Waals surface area contributed by atoms with Crippen molar-refractivity contribution in [3.05, 3.63) is 65.7 Å². The Balaban J connectivity index is 1.98. The van der Waals surface area contributed by atoms with Gasteiger partial charge in [0.1, 0.15) is 12.4 Å². The molecule has 0 bridgehead atoms. The molecule has 0 aliphatic heterocycles. The summed E-state index contributed by atoms with van der Waals surface area (Å²) in [5.41, 5.74) is 2.17. The molecule has 0 saturated carbocycles. The summed E-state index contributed by atoms with van der Waals surface area (Å²) >= 11 is 0. The van der Waals surface area contributed by atoms with Crippen molar-refractivity contribution in [1.29, 1.82) is 0 Å². The van der Waals surface area contributed by atoms with Crippen LogP contribution in [0.4, 0.5) is 0 Å². The second kappa shape index (κ2) is 9.73. The third kappa shape index (κ3) is 5.70. The van der Waals surface area contributed by atoms with Gasteiger partial charge < -0.3 is 14.2 Å². The average molecular weight is 328 g/mol. The second-order valence-corrected chi connectivity index (χ2v) is 5.48. The van der Waals surface area contributed by atoms with Crippen molar-refractivity contribution in [2.75, 3.05) is 20.3 Å². The summed E-state index contributed by atoms with van der Waals surface area (Å²) in [6, 6.07) is 17.8. The average Bonchev–Trinajstić information content (AvgIpc) is 2.64. The van der Waals surface area contributed by atoms with Gasteiger partial charge in [0.05, 0.1) is 20.1 Å². The van der Waals surface area contributed by atoms with Gasteiger partial charge in [0.25, 0.3) is 0 Å². The first-order chi connectivity index (χ1) is 11.7. The first-order valence-electron chi connectivity index (χ1n) is 8.14. The molecular formula is C20H24O4. The van der Waals surface area contributed by atoms with Gasteiger partial charge in [-0.05, 0) is 30.2 Å². The molecule has 0 fully saturated rings. The van der Waals surface area contributed by atoms with Crippen LogP contribution in [0, 0.1) is 0 Å². The van der Waals surface area contributed by atoms with E-state index >= 15 is 0 Å². The van der Waals surface area contributed by atoms with Crippen molar-refractivity contribution < 1.29 is 19.0 Å². The Morgan fingerprint density at radius 2 is 1.75 bits per heavy atom. The Bertz CT molecular complexity index is 607. The number of carbonyl (C=O) groups excluding carboxylic acids is 1. The molecule has 4 nitrogen and oxygen atoms in total. The summed E-state index contributed by atoms with van der Waals surface area (Å²) < 4.78 is 16.1. The first kappa shape index (κ1) is 18.0. The molecule has 0 amide bonds. The normalized spacial score (nSPS) is 11.8. The number of esters is 1. The van der Waals surface area contributed by atoms with Crippen LogP contribution in [-0.4, -0.2) is 26.3 Å². The molecule has 0 aliphatic rings. The quantitative estimate of drug-likeness (QED) is 0.654. The Labute approximate surface area is 143 Å². The smallest absolute Gasteiger partial charge is 0.306 e. The maximum absolute atomic E-state index is 11.6. The summed E-state index contributed by atoms with van der Waals surface area (Å²) in [5, 5.41) is 0. The highest BCUT2D eigenvalue weighted by Crippen LogP contribution is 2.24. The number of hydrogen-bond donors (Lipinski definition) is 0. The van der Waals surface area contributed by atoms with Gasteiger partial charge in [-0.3, -0.25) is 4.79 Å². The van der Waals surface area contributed by atoms with Crippen molar-refractivity contribution in [2.24, 2.45) is 0 Å². The minimum absolute atomic E-state index is 0.0134. The van der Waals surface area contributed by atoms with Gasteiger partial charge in [-0.15, -0.1) is 0 Å². The lowest BCUT2D eigenvalue weighted by atomic mass is 9.96. The maximum atomic E-state index is 11.6. The number of benzene rings is 2. The van der Waals surface area contributed by atoms with Crippen LogP contribution in [0.2, 0.25) is 0 Å². The van der Waals surface area contributed by atoms with E-state index in [9.17, 15) is 4.79 Å². The molecule has 24 heavy (non-hydrogen) atoms. The Hall–Kier alpha value is -2.33. The molecule has 2 rings (SSSR count). The Morgan fingerprint density at radius 1 is 1.04 bits per heavy atom. The number of rotatable bonds is 9. The largest absolute Gasteiger partial charge is 0.489 e. The molecule has 0 N–H and O–H groups in total. The SMILES string of the molecule is CCOCC(CC(=O)OC)c1ccc(OCc2ccccc2)cc1. The predicted molar refractivity (Wildman–Crippen MR) is 93.1 cm³/mol. The van der Waals surface area contributed by atoms with Crippen LogP contribution in [0.3, 0.4) is 0 Å². The number of carbonyl (C=O) groups is 1. The van der Waals surface area contributed by atoms with E-state index in [1.54, 1.807) is 0 Å². The minimum atomic E-state index is -0.232. The molecule has 2 aromatic carbocycles. The van der Waals surface area contributed by atoms with E-state index in [0.717, 1.165) is 16.9 Å². The van der Waals surface area contributed by atoms with Gasteiger partial charge in [0.2, 0.25) is 0 Å². The number of ether oxygens (including phenoxy) is 3. The maximum Gasteiger partial charge on any atom is 0.306 e. The summed E-state index contributed by atoms with van der Waals surface area (Å²) in [6.07, 6.45) is 0.306. The van der Waals surface area contributed by atoms with E-state index in [1.165, 1.54) is 7.11 Å². The lowest BCUT2D eigenvalue weighted by molar-refractivity contribution is -0.141. The molecule has 1 unspecified atom stereocenters. The van der Waals surface area contributed by atoms with E-state index in [2.05, 4.69) is 0 Å². The third-order valence-corrected chi connectivity index (χ3v) is 3.76. The molecule has 128 valence electrons. The fourth-order valence-electron chi connectivity index (χ4n) is 2.39. The molecule has 0 aliphatic carbocycles. The zero-order valence-electron chi connectivity index (χ0n) is 14.2. The van der Waals surface area contributed by atoms with Crippen molar-refractivity contribution >= 4 is 5.97 Å². The van der Waals surface area contributed by atoms with Gasteiger partial charge in [-0.2, -0.15) is 0 Å². The molecule has 0 saturated heterocycles. The second-order valence-electron chi connectivity index (χ2n) is 5.48. The minimum Gasteiger partial charge on any atom is -0.489 e. The molecule has 2 aromatic rings. The molecule has 4 heteroatoms. The standard InChI is InChI=1S/C20H24O4/c1-3-23-15-18(13-20(21)22-2)17-9-11-19(12-10-17)24-14-16-7-5-4-6-8-16/h4-12,18H,3,13-15H2,1-2H3. The van der Waals surface area contributed by atoms with Crippen molar-refractivity contribution in [3.63, 3.8) is 0 Å². The Morgan fingerprint density at radius 3 is 2.38 bits per heavy atom. The summed E-state index contributed by atoms with van der Waals surface area (Å²) in [6.45, 7) is 3.59. The highest BCUT2D eigenvalue weighted by atomic mass is 16.5. The Kier molecular flexibility index (Phi) is 7.30. The van der Waals surface area contributed by atoms with Crippen LogP contribution in [0.1, 0.15) is 30.4 Å². The van der Waals surface area contributed by atoms with Crippen LogP contribution in [-0.2, 0) is 20.9 Å². The van der Waals surface area contributed by atoms with Gasteiger partial charge >= 0.3 is 5.97 Å². The molecule has 0 spiro atoms. The molecule has 0 aromatic heterocycles. The van der Waals surface area contributed by atoms with Crippen LogP contribution >= 0.6 is 0 Å². The van der Waals surface area contributed by atoms with Gasteiger partial charge in [0.15, 0.2) is 0 Å². The van der Waals surface area contributed by atoms with Gasteiger partial charge in [-0.1, -0.05) is 42.5 Å². The van der Waals surface area contributed by atoms with E-state index in [-0.39, 0.29) is 11.9 Å². The molecule has 1 atom stereocenters. The lowest BCUT2D eigenvalue weighted by Gasteiger charge is -2.16. The van der Waals surface area contributed by atoms with Crippen LogP contribution in [0.15, 0.2) is 54.6 Å². The summed E-state index contributed by atoms with van der Waals surface area (Å²) in [5.74, 6) is 0.556. The molecule has 0 radical (unpaired) electrons. The fraction of sp³-hybridized carbons (Fsp3) is 0.350. The monoisotopic (exact) mass is 328 g/mol. The van der Waals surface area contributed by atoms with Gasteiger partial charge in [-0.25, -0.2) is 0 Å². The van der Waals surface area contributed by atoms with Crippen LogP contribution in [0.5, 0.6) is 5.75 Å². The van der Waals surface area contributed by atoms with Crippen molar-refractivity contribution in [1.82, 2.24) is 0 Å². The predicted octanol–water partition coefficient (Wildman–Crippen LogP) is 3.95. The number of methoxy groups -OCH3 is 1. The zero-order chi connectivity index (χ0) is 17.2. The van der Waals surface area contributed by atoms with E-state index < -0.39 is 0 Å². The summed E-state index contributed by atoms with van der Waals surface area (Å²) in [4.78, 5) is 11.6. The van der Waals surface area contributed by atoms with Crippen molar-refractivity contribution in [3.8, 4) is 5.75 Å². The molecule has 0 heterocycles. The summed E-state index contributed by atoms with van der Waals surface area (Å²) in [7, 11) is 1.40. The van der Waals surface area contributed by atoms with E-state index in [1.807, 2.05) is 61.5 Å². The molecular weight excluding hydrogens is 304 g/mol. The fourth-order valence-corrected chi connectivity index (χ4v) is 2.39. The lowest BCUT2D eigenvalue weighted by Crippen LogP contribution is -2.14. The van der Waals surface area contributed by atoms with Crippen LogP contribution < -0.4 is 4.74 Å².